The summed E-state index contributed by atoms with van der Waals surface area (Å²) in [4.78, 5) is 11.5. The molecule has 1 saturated heterocycles. The summed E-state index contributed by atoms with van der Waals surface area (Å²) in [6, 6.07) is 0.0574. The Hall–Kier alpha value is -0.810. The van der Waals surface area contributed by atoms with Gasteiger partial charge in [-0.3, -0.25) is 0 Å². The third-order valence-corrected chi connectivity index (χ3v) is 2.54. The summed E-state index contributed by atoms with van der Waals surface area (Å²) >= 11 is 0. The van der Waals surface area contributed by atoms with Gasteiger partial charge in [0.15, 0.2) is 0 Å². The maximum atomic E-state index is 11.5. The Kier molecular flexibility index (Phi) is 4.56. The first kappa shape index (κ1) is 13.3. The molecule has 0 spiro atoms. The van der Waals surface area contributed by atoms with Crippen LogP contribution in [0.25, 0.3) is 0 Å². The van der Waals surface area contributed by atoms with Gasteiger partial charge in [-0.25, -0.2) is 4.79 Å². The molecule has 5 heteroatoms. The highest BCUT2D eigenvalue weighted by Crippen LogP contribution is 2.14. The Balaban J connectivity index is 2.38. The molecule has 0 unspecified atom stereocenters. The number of carbonyl (C=O) groups excluding carboxylic acids is 1. The van der Waals surface area contributed by atoms with Gasteiger partial charge in [0, 0.05) is 25.7 Å². The molecule has 3 N–H and O–H groups in total. The van der Waals surface area contributed by atoms with Gasteiger partial charge < -0.3 is 20.5 Å². The Morgan fingerprint density at radius 2 is 2.19 bits per heavy atom. The maximum Gasteiger partial charge on any atom is 0.407 e. The van der Waals surface area contributed by atoms with E-state index in [0.29, 0.717) is 6.42 Å². The van der Waals surface area contributed by atoms with Gasteiger partial charge in [0.2, 0.25) is 0 Å². The van der Waals surface area contributed by atoms with E-state index in [1.165, 1.54) is 0 Å². The highest BCUT2D eigenvalue weighted by atomic mass is 16.6. The van der Waals surface area contributed by atoms with Gasteiger partial charge in [-0.2, -0.15) is 0 Å². The number of rotatable bonds is 3. The van der Waals surface area contributed by atoms with E-state index >= 15 is 0 Å². The smallest absolute Gasteiger partial charge is 0.407 e. The predicted molar refractivity (Wildman–Crippen MR) is 61.2 cm³/mol. The monoisotopic (exact) mass is 230 g/mol. The van der Waals surface area contributed by atoms with Gasteiger partial charge >= 0.3 is 6.09 Å². The van der Waals surface area contributed by atoms with E-state index in [2.05, 4.69) is 10.6 Å². The SMILES string of the molecule is CC(C)(C)OC(=O)N[C@H]1CNC[C@@H]1CCO. The lowest BCUT2D eigenvalue weighted by molar-refractivity contribution is 0.0493. The van der Waals surface area contributed by atoms with Crippen LogP contribution in [-0.2, 0) is 4.74 Å². The molecule has 5 nitrogen and oxygen atoms in total. The molecule has 1 aliphatic rings. The number of alkyl carbamates (subject to hydrolysis) is 1. The number of nitrogens with one attached hydrogen (secondary N) is 2. The summed E-state index contributed by atoms with van der Waals surface area (Å²) in [7, 11) is 0. The number of amides is 1. The summed E-state index contributed by atoms with van der Waals surface area (Å²) in [5.41, 5.74) is -0.470. The average Bonchev–Trinajstić information content (AvgIpc) is 2.50. The average molecular weight is 230 g/mol. The number of carbonyl (C=O) groups is 1. The van der Waals surface area contributed by atoms with Crippen molar-refractivity contribution in [1.82, 2.24) is 10.6 Å². The molecule has 1 rings (SSSR count). The molecule has 0 bridgehead atoms. The molecule has 0 radical (unpaired) electrons. The second kappa shape index (κ2) is 5.50. The van der Waals surface area contributed by atoms with Crippen LogP contribution in [0.15, 0.2) is 0 Å². The fourth-order valence-corrected chi connectivity index (χ4v) is 1.83. The summed E-state index contributed by atoms with van der Waals surface area (Å²) in [6.45, 7) is 7.24. The first-order chi connectivity index (χ1) is 7.42. The van der Waals surface area contributed by atoms with Gasteiger partial charge in [0.05, 0.1) is 0 Å². The van der Waals surface area contributed by atoms with Crippen molar-refractivity contribution in [2.75, 3.05) is 19.7 Å². The minimum atomic E-state index is -0.470. The summed E-state index contributed by atoms with van der Waals surface area (Å²) < 4.78 is 5.19. The fourth-order valence-electron chi connectivity index (χ4n) is 1.83. The van der Waals surface area contributed by atoms with Crippen molar-refractivity contribution in [2.24, 2.45) is 5.92 Å². The van der Waals surface area contributed by atoms with Crippen molar-refractivity contribution in [3.05, 3.63) is 0 Å². The number of aliphatic hydroxyl groups is 1. The van der Waals surface area contributed by atoms with Crippen LogP contribution in [0.5, 0.6) is 0 Å². The normalized spacial score (nSPS) is 25.5. The highest BCUT2D eigenvalue weighted by Gasteiger charge is 2.29. The molecule has 1 fully saturated rings. The summed E-state index contributed by atoms with van der Waals surface area (Å²) in [6.07, 6.45) is 0.317. The topological polar surface area (TPSA) is 70.6 Å². The van der Waals surface area contributed by atoms with E-state index in [1.807, 2.05) is 20.8 Å². The van der Waals surface area contributed by atoms with Crippen molar-refractivity contribution in [2.45, 2.75) is 38.8 Å². The van der Waals surface area contributed by atoms with Crippen LogP contribution in [0, 0.1) is 5.92 Å². The van der Waals surface area contributed by atoms with Gasteiger partial charge in [0.1, 0.15) is 5.60 Å². The molecule has 1 aliphatic heterocycles. The third-order valence-electron chi connectivity index (χ3n) is 2.54. The molecule has 1 heterocycles. The van der Waals surface area contributed by atoms with Crippen LogP contribution in [-0.4, -0.2) is 42.5 Å². The second-order valence-corrected chi connectivity index (χ2v) is 5.18. The van der Waals surface area contributed by atoms with Gasteiger partial charge in [-0.1, -0.05) is 0 Å². The molecule has 2 atom stereocenters. The molecule has 16 heavy (non-hydrogen) atoms. The van der Waals surface area contributed by atoms with Crippen LogP contribution in [0.2, 0.25) is 0 Å². The zero-order valence-corrected chi connectivity index (χ0v) is 10.2. The number of ether oxygens (including phenoxy) is 1. The largest absolute Gasteiger partial charge is 0.444 e. The molecular weight excluding hydrogens is 208 g/mol. The molecule has 1 amide bonds. The number of aliphatic hydroxyl groups excluding tert-OH is 1. The van der Waals surface area contributed by atoms with Crippen molar-refractivity contribution < 1.29 is 14.6 Å². The lowest BCUT2D eigenvalue weighted by atomic mass is 10.0. The lowest BCUT2D eigenvalue weighted by Crippen LogP contribution is -2.43. The standard InChI is InChI=1S/C11H22N2O3/c1-11(2,3)16-10(15)13-9-7-12-6-8(9)4-5-14/h8-9,12,14H,4-7H2,1-3H3,(H,13,15)/t8-,9-/m0/s1. The van der Waals surface area contributed by atoms with Crippen molar-refractivity contribution in [3.8, 4) is 0 Å². The molecule has 0 aromatic heterocycles. The van der Waals surface area contributed by atoms with Gasteiger partial charge in [-0.05, 0) is 33.1 Å². The van der Waals surface area contributed by atoms with E-state index < -0.39 is 5.60 Å². The molecule has 0 aliphatic carbocycles. The Bertz CT molecular complexity index is 238. The Labute approximate surface area is 96.6 Å². The summed E-state index contributed by atoms with van der Waals surface area (Å²) in [5, 5.41) is 14.9. The van der Waals surface area contributed by atoms with Crippen molar-refractivity contribution in [3.63, 3.8) is 0 Å². The van der Waals surface area contributed by atoms with E-state index in [9.17, 15) is 4.79 Å². The zero-order valence-electron chi connectivity index (χ0n) is 10.2. The van der Waals surface area contributed by atoms with Gasteiger partial charge in [-0.15, -0.1) is 0 Å². The van der Waals surface area contributed by atoms with Crippen molar-refractivity contribution in [1.29, 1.82) is 0 Å². The van der Waals surface area contributed by atoms with Crippen LogP contribution in [0.3, 0.4) is 0 Å². The maximum absolute atomic E-state index is 11.5. The van der Waals surface area contributed by atoms with Crippen LogP contribution in [0.1, 0.15) is 27.2 Å². The first-order valence-electron chi connectivity index (χ1n) is 5.73. The van der Waals surface area contributed by atoms with E-state index in [1.54, 1.807) is 0 Å². The van der Waals surface area contributed by atoms with Gasteiger partial charge in [0.25, 0.3) is 0 Å². The predicted octanol–water partition coefficient (Wildman–Crippen LogP) is 0.481. The Morgan fingerprint density at radius 1 is 1.50 bits per heavy atom. The van der Waals surface area contributed by atoms with E-state index in [0.717, 1.165) is 13.1 Å². The quantitative estimate of drug-likeness (QED) is 0.659. The molecule has 0 saturated carbocycles. The zero-order chi connectivity index (χ0) is 12.2. The third kappa shape index (κ3) is 4.37. The second-order valence-electron chi connectivity index (χ2n) is 5.18. The van der Waals surface area contributed by atoms with Crippen LogP contribution < -0.4 is 10.6 Å². The molecule has 94 valence electrons. The number of hydrogen-bond acceptors (Lipinski definition) is 4. The fraction of sp³-hybridized carbons (Fsp3) is 0.909. The lowest BCUT2D eigenvalue weighted by Gasteiger charge is -2.23. The minimum absolute atomic E-state index is 0.0574. The van der Waals surface area contributed by atoms with Crippen molar-refractivity contribution >= 4 is 6.09 Å². The molecule has 0 aromatic rings. The molecular formula is C11H22N2O3. The Morgan fingerprint density at radius 3 is 2.75 bits per heavy atom. The van der Waals surface area contributed by atoms with E-state index in [4.69, 9.17) is 9.84 Å². The number of hydrogen-bond donors (Lipinski definition) is 3. The highest BCUT2D eigenvalue weighted by molar-refractivity contribution is 5.68. The first-order valence-corrected chi connectivity index (χ1v) is 5.73. The molecule has 0 aromatic carbocycles. The van der Waals surface area contributed by atoms with E-state index in [-0.39, 0.29) is 24.7 Å². The minimum Gasteiger partial charge on any atom is -0.444 e. The van der Waals surface area contributed by atoms with Crippen LogP contribution in [0.4, 0.5) is 4.79 Å². The van der Waals surface area contributed by atoms with Crippen LogP contribution >= 0.6 is 0 Å². The summed E-state index contributed by atoms with van der Waals surface area (Å²) in [5.74, 6) is 0.289.